The Morgan fingerprint density at radius 1 is 1.50 bits per heavy atom. The van der Waals surface area contributed by atoms with Gasteiger partial charge in [0, 0.05) is 16.8 Å². The molecule has 104 valence electrons. The summed E-state index contributed by atoms with van der Waals surface area (Å²) in [4.78, 5) is 8.82. The number of nitrogens with one attached hydrogen (secondary N) is 1. The van der Waals surface area contributed by atoms with E-state index >= 15 is 0 Å². The quantitative estimate of drug-likeness (QED) is 0.480. The minimum Gasteiger partial charge on any atom is -0.370 e. The summed E-state index contributed by atoms with van der Waals surface area (Å²) >= 11 is 1.64. The van der Waals surface area contributed by atoms with Crippen molar-refractivity contribution < 1.29 is 0 Å². The minimum atomic E-state index is 0. The van der Waals surface area contributed by atoms with Crippen molar-refractivity contribution in [1.29, 1.82) is 0 Å². The van der Waals surface area contributed by atoms with E-state index in [9.17, 15) is 0 Å². The Labute approximate surface area is 131 Å². The number of aliphatic imine (C=N–C) groups is 1. The normalized spacial score (nSPS) is 12.4. The van der Waals surface area contributed by atoms with Gasteiger partial charge in [-0.25, -0.2) is 9.98 Å². The van der Waals surface area contributed by atoms with E-state index in [1.165, 1.54) is 0 Å². The van der Waals surface area contributed by atoms with Crippen molar-refractivity contribution in [2.45, 2.75) is 52.6 Å². The molecule has 0 amide bonds. The smallest absolute Gasteiger partial charge is 0.189 e. The van der Waals surface area contributed by atoms with Gasteiger partial charge in [0.15, 0.2) is 5.96 Å². The second-order valence-electron chi connectivity index (χ2n) is 5.38. The van der Waals surface area contributed by atoms with E-state index in [4.69, 9.17) is 5.73 Å². The molecule has 0 radical (unpaired) electrons. The molecule has 1 heterocycles. The molecule has 0 atom stereocenters. The molecule has 0 unspecified atom stereocenters. The third kappa shape index (κ3) is 5.99. The van der Waals surface area contributed by atoms with Crippen molar-refractivity contribution in [2.24, 2.45) is 10.7 Å². The van der Waals surface area contributed by atoms with Crippen LogP contribution in [0.1, 0.15) is 45.3 Å². The maximum absolute atomic E-state index is 5.73. The molecule has 0 saturated carbocycles. The second-order valence-corrected chi connectivity index (χ2v) is 6.32. The average molecular weight is 382 g/mol. The Bertz CT molecular complexity index is 393. The molecule has 0 aliphatic rings. The number of halogens is 1. The zero-order valence-corrected chi connectivity index (χ0v) is 14.8. The van der Waals surface area contributed by atoms with Gasteiger partial charge in [-0.2, -0.15) is 0 Å². The summed E-state index contributed by atoms with van der Waals surface area (Å²) in [5.74, 6) is 0.479. The first-order valence-electron chi connectivity index (χ1n) is 5.80. The van der Waals surface area contributed by atoms with Crippen LogP contribution in [0.4, 0.5) is 0 Å². The monoisotopic (exact) mass is 382 g/mol. The number of aromatic nitrogens is 1. The predicted molar refractivity (Wildman–Crippen MR) is 89.8 cm³/mol. The molecule has 0 fully saturated rings. The Kier molecular flexibility index (Phi) is 7.13. The lowest BCUT2D eigenvalue weighted by atomic mass is 9.93. The summed E-state index contributed by atoms with van der Waals surface area (Å²) in [6, 6.07) is 0.306. The van der Waals surface area contributed by atoms with Crippen LogP contribution in [0.15, 0.2) is 10.4 Å². The van der Waals surface area contributed by atoms with Gasteiger partial charge in [-0.3, -0.25) is 0 Å². The highest BCUT2D eigenvalue weighted by Gasteiger charge is 2.17. The predicted octanol–water partition coefficient (Wildman–Crippen LogP) is 2.87. The van der Waals surface area contributed by atoms with Gasteiger partial charge < -0.3 is 11.1 Å². The third-order valence-electron chi connectivity index (χ3n) is 2.14. The molecule has 0 saturated heterocycles. The molecule has 0 aromatic carbocycles. The molecular weight excluding hydrogens is 359 g/mol. The number of rotatable bonds is 3. The van der Waals surface area contributed by atoms with E-state index in [0.29, 0.717) is 18.5 Å². The van der Waals surface area contributed by atoms with Crippen molar-refractivity contribution in [2.75, 3.05) is 0 Å². The highest BCUT2D eigenvalue weighted by Crippen LogP contribution is 2.24. The average Bonchev–Trinajstić information content (AvgIpc) is 2.61. The number of guanidine groups is 1. The topological polar surface area (TPSA) is 63.3 Å². The standard InChI is InChI=1S/C12H22N4S.HI/c1-8(2)15-11(13)14-6-10-16-9(7-17-10)12(3,4)5;/h7-8H,6H2,1-5H3,(H3,13,14,15);1H. The van der Waals surface area contributed by atoms with Gasteiger partial charge in [0.1, 0.15) is 5.01 Å². The van der Waals surface area contributed by atoms with Crippen molar-refractivity contribution >= 4 is 41.3 Å². The first-order valence-corrected chi connectivity index (χ1v) is 6.68. The summed E-state index contributed by atoms with van der Waals surface area (Å²) in [7, 11) is 0. The van der Waals surface area contributed by atoms with Crippen molar-refractivity contribution in [3.63, 3.8) is 0 Å². The zero-order valence-electron chi connectivity index (χ0n) is 11.7. The lowest BCUT2D eigenvalue weighted by molar-refractivity contribution is 0.571. The van der Waals surface area contributed by atoms with Crippen LogP contribution in [-0.2, 0) is 12.0 Å². The van der Waals surface area contributed by atoms with Crippen LogP contribution < -0.4 is 11.1 Å². The highest BCUT2D eigenvalue weighted by atomic mass is 127. The summed E-state index contributed by atoms with van der Waals surface area (Å²) in [6.45, 7) is 11.1. The zero-order chi connectivity index (χ0) is 13.1. The molecule has 1 aromatic rings. The number of hydrogen-bond acceptors (Lipinski definition) is 3. The van der Waals surface area contributed by atoms with Crippen LogP contribution in [0.2, 0.25) is 0 Å². The Morgan fingerprint density at radius 3 is 2.56 bits per heavy atom. The van der Waals surface area contributed by atoms with Gasteiger partial charge >= 0.3 is 0 Å². The second kappa shape index (κ2) is 7.28. The number of thiazole rings is 1. The van der Waals surface area contributed by atoms with E-state index in [0.717, 1.165) is 10.7 Å². The molecule has 4 nitrogen and oxygen atoms in total. The van der Waals surface area contributed by atoms with Gasteiger partial charge in [-0.15, -0.1) is 35.3 Å². The number of hydrogen-bond donors (Lipinski definition) is 2. The Balaban J connectivity index is 0.00000289. The van der Waals surface area contributed by atoms with Crippen molar-refractivity contribution in [1.82, 2.24) is 10.3 Å². The van der Waals surface area contributed by atoms with Crippen LogP contribution in [0.5, 0.6) is 0 Å². The van der Waals surface area contributed by atoms with Gasteiger partial charge in [0.25, 0.3) is 0 Å². The van der Waals surface area contributed by atoms with Crippen LogP contribution in [-0.4, -0.2) is 17.0 Å². The van der Waals surface area contributed by atoms with E-state index in [1.54, 1.807) is 11.3 Å². The minimum absolute atomic E-state index is 0. The highest BCUT2D eigenvalue weighted by molar-refractivity contribution is 14.0. The van der Waals surface area contributed by atoms with E-state index in [-0.39, 0.29) is 29.4 Å². The molecule has 1 rings (SSSR count). The number of nitrogens with zero attached hydrogens (tertiary/aromatic N) is 2. The number of nitrogens with two attached hydrogens (primary N) is 1. The Hall–Kier alpha value is -0.370. The van der Waals surface area contributed by atoms with Crippen molar-refractivity contribution in [3.8, 4) is 0 Å². The van der Waals surface area contributed by atoms with Crippen LogP contribution in [0.3, 0.4) is 0 Å². The van der Waals surface area contributed by atoms with E-state index in [2.05, 4.69) is 41.4 Å². The van der Waals surface area contributed by atoms with Gasteiger partial charge in [0.2, 0.25) is 0 Å². The lowest BCUT2D eigenvalue weighted by Crippen LogP contribution is -2.36. The molecular formula is C12H23IN4S. The van der Waals surface area contributed by atoms with Crippen LogP contribution >= 0.6 is 35.3 Å². The summed E-state index contributed by atoms with van der Waals surface area (Å²) in [5, 5.41) is 6.15. The molecule has 0 bridgehead atoms. The van der Waals surface area contributed by atoms with E-state index in [1.807, 2.05) is 13.8 Å². The summed E-state index contributed by atoms with van der Waals surface area (Å²) in [6.07, 6.45) is 0. The maximum Gasteiger partial charge on any atom is 0.189 e. The molecule has 3 N–H and O–H groups in total. The molecule has 1 aromatic heterocycles. The maximum atomic E-state index is 5.73. The SMILES string of the molecule is CC(C)NC(N)=NCc1nc(C(C)(C)C)cs1.I. The fourth-order valence-electron chi connectivity index (χ4n) is 1.22. The first kappa shape index (κ1) is 17.6. The third-order valence-corrected chi connectivity index (χ3v) is 2.97. The fourth-order valence-corrected chi connectivity index (χ4v) is 2.17. The molecule has 6 heteroatoms. The summed E-state index contributed by atoms with van der Waals surface area (Å²) in [5.41, 5.74) is 6.94. The molecule has 0 aliphatic carbocycles. The molecule has 18 heavy (non-hydrogen) atoms. The summed E-state index contributed by atoms with van der Waals surface area (Å²) < 4.78 is 0. The first-order chi connectivity index (χ1) is 7.79. The van der Waals surface area contributed by atoms with E-state index < -0.39 is 0 Å². The van der Waals surface area contributed by atoms with Crippen LogP contribution in [0, 0.1) is 0 Å². The van der Waals surface area contributed by atoms with Gasteiger partial charge in [-0.1, -0.05) is 20.8 Å². The van der Waals surface area contributed by atoms with Crippen LogP contribution in [0.25, 0.3) is 0 Å². The fraction of sp³-hybridized carbons (Fsp3) is 0.667. The van der Waals surface area contributed by atoms with Crippen molar-refractivity contribution in [3.05, 3.63) is 16.1 Å². The molecule has 0 spiro atoms. The van der Waals surface area contributed by atoms with Gasteiger partial charge in [-0.05, 0) is 13.8 Å². The Morgan fingerprint density at radius 2 is 2.11 bits per heavy atom. The largest absolute Gasteiger partial charge is 0.370 e. The van der Waals surface area contributed by atoms with Gasteiger partial charge in [0.05, 0.1) is 12.2 Å². The lowest BCUT2D eigenvalue weighted by Gasteiger charge is -2.14. The molecule has 0 aliphatic heterocycles.